The van der Waals surface area contributed by atoms with E-state index in [1.54, 1.807) is 12.0 Å². The average molecular weight is 545 g/mol. The molecule has 2 saturated heterocycles. The molecular formula is C22H36IN5O3. The maximum atomic E-state index is 12.2. The number of aliphatic imine (C=N–C) groups is 1. The van der Waals surface area contributed by atoms with Crippen molar-refractivity contribution in [2.45, 2.75) is 32.8 Å². The zero-order valence-corrected chi connectivity index (χ0v) is 21.4. The van der Waals surface area contributed by atoms with Crippen molar-refractivity contribution in [2.24, 2.45) is 16.6 Å². The van der Waals surface area contributed by atoms with E-state index in [2.05, 4.69) is 26.9 Å². The second-order valence-electron chi connectivity index (χ2n) is 8.96. The highest BCUT2D eigenvalue weighted by Gasteiger charge is 2.27. The first kappa shape index (κ1) is 25.4. The van der Waals surface area contributed by atoms with Gasteiger partial charge in [0.15, 0.2) is 5.96 Å². The van der Waals surface area contributed by atoms with Gasteiger partial charge in [-0.2, -0.15) is 0 Å². The fourth-order valence-electron chi connectivity index (χ4n) is 3.79. The number of carbonyl (C=O) groups excluding carboxylic acids is 1. The summed E-state index contributed by atoms with van der Waals surface area (Å²) in [4.78, 5) is 23.0. The molecule has 2 N–H and O–H groups in total. The van der Waals surface area contributed by atoms with Crippen LogP contribution >= 0.6 is 24.0 Å². The van der Waals surface area contributed by atoms with Gasteiger partial charge >= 0.3 is 6.09 Å². The van der Waals surface area contributed by atoms with Gasteiger partial charge < -0.3 is 29.9 Å². The molecule has 2 aliphatic heterocycles. The molecule has 8 nitrogen and oxygen atoms in total. The predicted molar refractivity (Wildman–Crippen MR) is 135 cm³/mol. The van der Waals surface area contributed by atoms with Crippen LogP contribution in [0.1, 0.15) is 27.2 Å². The predicted octanol–water partition coefficient (Wildman–Crippen LogP) is 3.01. The number of nitrogens with zero attached hydrogens (tertiary/aromatic N) is 4. The van der Waals surface area contributed by atoms with E-state index in [9.17, 15) is 4.79 Å². The second-order valence-corrected chi connectivity index (χ2v) is 8.96. The van der Waals surface area contributed by atoms with E-state index < -0.39 is 5.60 Å². The molecule has 174 valence electrons. The number of guanidine groups is 1. The van der Waals surface area contributed by atoms with Gasteiger partial charge in [0.2, 0.25) is 0 Å². The molecule has 2 aliphatic rings. The topological polar surface area (TPSA) is 83.6 Å². The van der Waals surface area contributed by atoms with Crippen LogP contribution < -0.4 is 15.4 Å². The fraction of sp³-hybridized carbons (Fsp3) is 0.636. The first-order chi connectivity index (χ1) is 14.2. The van der Waals surface area contributed by atoms with Crippen molar-refractivity contribution >= 4 is 41.7 Å². The van der Waals surface area contributed by atoms with E-state index in [0.717, 1.165) is 31.8 Å². The Labute approximate surface area is 202 Å². The number of hydrogen-bond acceptors (Lipinski definition) is 5. The Balaban J connectivity index is 0.00000341. The van der Waals surface area contributed by atoms with Gasteiger partial charge in [-0.15, -0.1) is 24.0 Å². The van der Waals surface area contributed by atoms with E-state index in [1.807, 2.05) is 32.9 Å². The van der Waals surface area contributed by atoms with Crippen molar-refractivity contribution in [1.82, 2.24) is 9.80 Å². The van der Waals surface area contributed by atoms with Crippen LogP contribution in [0.3, 0.4) is 0 Å². The van der Waals surface area contributed by atoms with Crippen LogP contribution in [0.15, 0.2) is 29.3 Å². The molecule has 1 unspecified atom stereocenters. The lowest BCUT2D eigenvalue weighted by atomic mass is 10.1. The zero-order valence-electron chi connectivity index (χ0n) is 19.0. The number of piperazine rings is 1. The minimum Gasteiger partial charge on any atom is -0.497 e. The molecule has 0 bridgehead atoms. The summed E-state index contributed by atoms with van der Waals surface area (Å²) < 4.78 is 10.8. The van der Waals surface area contributed by atoms with Crippen LogP contribution in [-0.4, -0.2) is 80.4 Å². The Kier molecular flexibility index (Phi) is 9.08. The lowest BCUT2D eigenvalue weighted by Crippen LogP contribution is -2.53. The maximum Gasteiger partial charge on any atom is 0.410 e. The molecule has 3 rings (SSSR count). The van der Waals surface area contributed by atoms with E-state index in [-0.39, 0.29) is 30.1 Å². The molecule has 1 aromatic rings. The third-order valence-electron chi connectivity index (χ3n) is 5.47. The van der Waals surface area contributed by atoms with E-state index in [0.29, 0.717) is 38.1 Å². The highest BCUT2D eigenvalue weighted by atomic mass is 127. The Morgan fingerprint density at radius 3 is 2.48 bits per heavy atom. The molecule has 31 heavy (non-hydrogen) atoms. The van der Waals surface area contributed by atoms with Crippen LogP contribution in [0.25, 0.3) is 0 Å². The Bertz CT molecular complexity index is 760. The second kappa shape index (κ2) is 11.1. The summed E-state index contributed by atoms with van der Waals surface area (Å²) in [5.74, 6) is 1.93. The summed E-state index contributed by atoms with van der Waals surface area (Å²) in [6.07, 6.45) is 0.835. The third-order valence-corrected chi connectivity index (χ3v) is 5.47. The number of carbonyl (C=O) groups is 1. The number of benzene rings is 1. The van der Waals surface area contributed by atoms with Crippen molar-refractivity contribution in [2.75, 3.05) is 57.8 Å². The van der Waals surface area contributed by atoms with E-state index >= 15 is 0 Å². The van der Waals surface area contributed by atoms with Gasteiger partial charge in [0, 0.05) is 57.6 Å². The smallest absolute Gasteiger partial charge is 0.410 e. The number of halogens is 1. The number of hydrogen-bond donors (Lipinski definition) is 1. The fourth-order valence-corrected chi connectivity index (χ4v) is 3.79. The van der Waals surface area contributed by atoms with Gasteiger partial charge in [0.05, 0.1) is 7.11 Å². The lowest BCUT2D eigenvalue weighted by Gasteiger charge is -2.36. The summed E-state index contributed by atoms with van der Waals surface area (Å²) >= 11 is 0. The minimum atomic E-state index is -0.477. The third kappa shape index (κ3) is 7.33. The molecule has 2 heterocycles. The van der Waals surface area contributed by atoms with Gasteiger partial charge in [-0.3, -0.25) is 4.99 Å². The van der Waals surface area contributed by atoms with Crippen LogP contribution in [-0.2, 0) is 4.74 Å². The zero-order chi connectivity index (χ0) is 21.7. The molecule has 9 heteroatoms. The maximum absolute atomic E-state index is 12.2. The molecule has 0 saturated carbocycles. The molecule has 1 amide bonds. The van der Waals surface area contributed by atoms with Gasteiger partial charge in [-0.05, 0) is 45.2 Å². The lowest BCUT2D eigenvalue weighted by molar-refractivity contribution is 0.0186. The number of amides is 1. The van der Waals surface area contributed by atoms with Crippen LogP contribution in [0.5, 0.6) is 5.75 Å². The monoisotopic (exact) mass is 545 g/mol. The van der Waals surface area contributed by atoms with Crippen LogP contribution in [0.2, 0.25) is 0 Å². The first-order valence-corrected chi connectivity index (χ1v) is 10.7. The molecule has 0 aromatic heterocycles. The van der Waals surface area contributed by atoms with Crippen molar-refractivity contribution in [3.8, 4) is 5.75 Å². The quantitative estimate of drug-likeness (QED) is 0.356. The molecular weight excluding hydrogens is 509 g/mol. The summed E-state index contributed by atoms with van der Waals surface area (Å²) in [6, 6.07) is 8.18. The summed E-state index contributed by atoms with van der Waals surface area (Å²) in [5.41, 5.74) is 6.95. The summed E-state index contributed by atoms with van der Waals surface area (Å²) in [7, 11) is 1.69. The number of rotatable bonds is 4. The standard InChI is InChI=1S/C22H35N5O3.HI/c1-22(2,3)30-21(28)26-12-10-25(11-13-26)20(23)24-15-17-8-9-27(16-17)18-6-5-7-19(14-18)29-4;/h5-7,14,17H,8-13,15-16H2,1-4H3,(H2,23,24);1H. The van der Waals surface area contributed by atoms with Crippen LogP contribution in [0, 0.1) is 5.92 Å². The Morgan fingerprint density at radius 2 is 1.84 bits per heavy atom. The largest absolute Gasteiger partial charge is 0.497 e. The first-order valence-electron chi connectivity index (χ1n) is 10.7. The van der Waals surface area contributed by atoms with Crippen molar-refractivity contribution in [3.05, 3.63) is 24.3 Å². The van der Waals surface area contributed by atoms with Crippen LogP contribution in [0.4, 0.5) is 10.5 Å². The van der Waals surface area contributed by atoms with Crippen molar-refractivity contribution in [1.29, 1.82) is 0 Å². The van der Waals surface area contributed by atoms with Gasteiger partial charge in [0.25, 0.3) is 0 Å². The SMILES string of the molecule is COc1cccc(N2CCC(CN=C(N)N3CCN(C(=O)OC(C)(C)C)CC3)C2)c1.I. The van der Waals surface area contributed by atoms with E-state index in [4.69, 9.17) is 15.2 Å². The number of nitrogens with two attached hydrogens (primary N) is 1. The van der Waals surface area contributed by atoms with Gasteiger partial charge in [0.1, 0.15) is 11.4 Å². The summed E-state index contributed by atoms with van der Waals surface area (Å²) in [6.45, 7) is 10.9. The number of anilines is 1. The minimum absolute atomic E-state index is 0. The normalized spacial score (nSPS) is 19.8. The van der Waals surface area contributed by atoms with Gasteiger partial charge in [-0.1, -0.05) is 6.07 Å². The number of methoxy groups -OCH3 is 1. The van der Waals surface area contributed by atoms with Crippen molar-refractivity contribution in [3.63, 3.8) is 0 Å². The van der Waals surface area contributed by atoms with Crippen molar-refractivity contribution < 1.29 is 14.3 Å². The molecule has 2 fully saturated rings. The molecule has 0 radical (unpaired) electrons. The highest BCUT2D eigenvalue weighted by molar-refractivity contribution is 14.0. The van der Waals surface area contributed by atoms with Gasteiger partial charge in [-0.25, -0.2) is 4.79 Å². The number of ether oxygens (including phenoxy) is 2. The Hall–Kier alpha value is -1.91. The average Bonchev–Trinajstić information content (AvgIpc) is 3.20. The molecule has 1 aromatic carbocycles. The Morgan fingerprint density at radius 1 is 1.16 bits per heavy atom. The molecule has 0 spiro atoms. The molecule has 1 atom stereocenters. The molecule has 0 aliphatic carbocycles. The van der Waals surface area contributed by atoms with E-state index in [1.165, 1.54) is 5.69 Å². The summed E-state index contributed by atoms with van der Waals surface area (Å²) in [5, 5.41) is 0. The highest BCUT2D eigenvalue weighted by Crippen LogP contribution is 2.27.